The Kier molecular flexibility index (Phi) is 6.28. The van der Waals surface area contributed by atoms with Crippen LogP contribution in [0.2, 0.25) is 0 Å². The number of nitrogens with one attached hydrogen (secondary N) is 2. The number of carbonyl (C=O) groups is 2. The molecular weight excluding hydrogens is 394 g/mol. The number of H-pyrrole nitrogens is 1. The number of hydrogen-bond donors (Lipinski definition) is 2. The Labute approximate surface area is 170 Å². The molecule has 0 radical (unpaired) electrons. The van der Waals surface area contributed by atoms with Gasteiger partial charge in [-0.1, -0.05) is 13.8 Å². The molecule has 0 unspecified atom stereocenters. The maximum atomic E-state index is 12.5. The molecule has 0 aliphatic rings. The van der Waals surface area contributed by atoms with Gasteiger partial charge < -0.3 is 19.8 Å². The molecule has 2 heterocycles. The predicted octanol–water partition coefficient (Wildman–Crippen LogP) is 2.49. The number of amides is 1. The Morgan fingerprint density at radius 1 is 1.21 bits per heavy atom. The first-order chi connectivity index (χ1) is 13.9. The monoisotopic (exact) mass is 415 g/mol. The number of thiophene rings is 1. The number of fused-ring (bicyclic) bond motifs is 1. The third-order valence-corrected chi connectivity index (χ3v) is 5.18. The van der Waals surface area contributed by atoms with Crippen LogP contribution in [0.5, 0.6) is 5.75 Å². The highest BCUT2D eigenvalue weighted by atomic mass is 32.1. The summed E-state index contributed by atoms with van der Waals surface area (Å²) in [6.07, 6.45) is 0. The second-order valence-electron chi connectivity index (χ2n) is 6.68. The molecule has 2 N–H and O–H groups in total. The van der Waals surface area contributed by atoms with Crippen LogP contribution in [0, 0.1) is 5.92 Å². The van der Waals surface area contributed by atoms with Crippen molar-refractivity contribution in [2.24, 2.45) is 5.92 Å². The average Bonchev–Trinajstić information content (AvgIpc) is 3.19. The summed E-state index contributed by atoms with van der Waals surface area (Å²) in [5, 5.41) is 4.47. The third kappa shape index (κ3) is 4.80. The molecule has 0 aliphatic carbocycles. The lowest BCUT2D eigenvalue weighted by atomic mass is 10.0. The third-order valence-electron chi connectivity index (χ3n) is 4.27. The number of carbonyl (C=O) groups excluding carboxylic acids is 2. The average molecular weight is 415 g/mol. The van der Waals surface area contributed by atoms with Crippen LogP contribution in [-0.2, 0) is 16.1 Å². The zero-order chi connectivity index (χ0) is 21.0. The molecule has 3 rings (SSSR count). The van der Waals surface area contributed by atoms with Crippen LogP contribution < -0.4 is 15.6 Å². The number of rotatable bonds is 7. The van der Waals surface area contributed by atoms with Crippen LogP contribution in [0.3, 0.4) is 0 Å². The van der Waals surface area contributed by atoms with E-state index < -0.39 is 17.9 Å². The van der Waals surface area contributed by atoms with Gasteiger partial charge in [0.1, 0.15) is 28.9 Å². The molecule has 1 atom stereocenters. The molecule has 1 amide bonds. The highest BCUT2D eigenvalue weighted by Gasteiger charge is 2.26. The van der Waals surface area contributed by atoms with E-state index in [2.05, 4.69) is 15.3 Å². The van der Waals surface area contributed by atoms with Gasteiger partial charge in [-0.25, -0.2) is 9.78 Å². The molecule has 152 valence electrons. The predicted molar refractivity (Wildman–Crippen MR) is 109 cm³/mol. The van der Waals surface area contributed by atoms with Crippen molar-refractivity contribution in [2.45, 2.75) is 26.5 Å². The maximum absolute atomic E-state index is 12.5. The van der Waals surface area contributed by atoms with Crippen LogP contribution in [0.4, 0.5) is 0 Å². The Morgan fingerprint density at radius 3 is 2.59 bits per heavy atom. The molecule has 0 saturated carbocycles. The fourth-order valence-corrected chi connectivity index (χ4v) is 3.41. The first-order valence-electron chi connectivity index (χ1n) is 8.97. The van der Waals surface area contributed by atoms with Gasteiger partial charge in [0.15, 0.2) is 0 Å². The van der Waals surface area contributed by atoms with Gasteiger partial charge in [-0.2, -0.15) is 0 Å². The Bertz CT molecular complexity index is 1070. The van der Waals surface area contributed by atoms with E-state index in [0.717, 1.165) is 0 Å². The topological polar surface area (TPSA) is 110 Å². The number of esters is 1. The van der Waals surface area contributed by atoms with Crippen molar-refractivity contribution in [2.75, 3.05) is 7.11 Å². The molecule has 0 spiro atoms. The standard InChI is InChI=1S/C20H21N3O5S/c1-11(2)16(23-18(24)12-4-6-13(27-3)7-5-12)20(26)28-10-15-21-14-8-9-29-17(14)19(25)22-15/h4-9,11,16H,10H2,1-3H3,(H,23,24)(H,21,22,25)/t16-/m1/s1. The molecule has 2 aromatic heterocycles. The smallest absolute Gasteiger partial charge is 0.329 e. The minimum Gasteiger partial charge on any atom is -0.497 e. The van der Waals surface area contributed by atoms with Crippen molar-refractivity contribution in [3.05, 3.63) is 57.5 Å². The van der Waals surface area contributed by atoms with Gasteiger partial charge in [0.2, 0.25) is 0 Å². The summed E-state index contributed by atoms with van der Waals surface area (Å²) in [7, 11) is 1.54. The second kappa shape index (κ2) is 8.87. The van der Waals surface area contributed by atoms with Gasteiger partial charge in [0, 0.05) is 5.56 Å². The molecule has 29 heavy (non-hydrogen) atoms. The molecule has 0 fully saturated rings. The van der Waals surface area contributed by atoms with Crippen LogP contribution in [0.25, 0.3) is 10.2 Å². The van der Waals surface area contributed by atoms with E-state index >= 15 is 0 Å². The number of methoxy groups -OCH3 is 1. The molecule has 0 aliphatic heterocycles. The highest BCUT2D eigenvalue weighted by Crippen LogP contribution is 2.15. The summed E-state index contributed by atoms with van der Waals surface area (Å²) in [6.45, 7) is 3.41. The van der Waals surface area contributed by atoms with Crippen molar-refractivity contribution < 1.29 is 19.1 Å². The summed E-state index contributed by atoms with van der Waals surface area (Å²) in [4.78, 5) is 43.9. The van der Waals surface area contributed by atoms with E-state index in [1.807, 2.05) is 0 Å². The summed E-state index contributed by atoms with van der Waals surface area (Å²) < 4.78 is 10.9. The lowest BCUT2D eigenvalue weighted by Crippen LogP contribution is -2.45. The van der Waals surface area contributed by atoms with E-state index in [9.17, 15) is 14.4 Å². The minimum absolute atomic E-state index is 0.193. The molecule has 1 aromatic carbocycles. The Hall–Kier alpha value is -3.20. The van der Waals surface area contributed by atoms with Crippen LogP contribution in [-0.4, -0.2) is 35.0 Å². The summed E-state index contributed by atoms with van der Waals surface area (Å²) in [6, 6.07) is 7.44. The molecule has 3 aromatic rings. The van der Waals surface area contributed by atoms with Gasteiger partial charge >= 0.3 is 5.97 Å². The minimum atomic E-state index is -0.846. The van der Waals surface area contributed by atoms with E-state index in [1.54, 1.807) is 49.6 Å². The van der Waals surface area contributed by atoms with E-state index in [4.69, 9.17) is 9.47 Å². The van der Waals surface area contributed by atoms with Crippen LogP contribution in [0.1, 0.15) is 30.0 Å². The zero-order valence-electron chi connectivity index (χ0n) is 16.2. The first-order valence-corrected chi connectivity index (χ1v) is 9.85. The Morgan fingerprint density at radius 2 is 1.93 bits per heavy atom. The summed E-state index contributed by atoms with van der Waals surface area (Å²) >= 11 is 1.29. The van der Waals surface area contributed by atoms with Gasteiger partial charge in [0.05, 0.1) is 12.6 Å². The van der Waals surface area contributed by atoms with Crippen molar-refractivity contribution >= 4 is 33.4 Å². The zero-order valence-corrected chi connectivity index (χ0v) is 17.0. The van der Waals surface area contributed by atoms with Crippen LogP contribution >= 0.6 is 11.3 Å². The number of benzene rings is 1. The molecular formula is C20H21N3O5S. The first kappa shape index (κ1) is 20.5. The van der Waals surface area contributed by atoms with Gasteiger partial charge in [-0.3, -0.25) is 9.59 Å². The van der Waals surface area contributed by atoms with Crippen molar-refractivity contribution in [1.29, 1.82) is 0 Å². The molecule has 9 heteroatoms. The van der Waals surface area contributed by atoms with Crippen molar-refractivity contribution in [3.8, 4) is 5.75 Å². The van der Waals surface area contributed by atoms with Gasteiger partial charge in [-0.05, 0) is 41.6 Å². The van der Waals surface area contributed by atoms with Gasteiger partial charge in [-0.15, -0.1) is 11.3 Å². The number of aromatic nitrogens is 2. The van der Waals surface area contributed by atoms with Crippen LogP contribution in [0.15, 0.2) is 40.5 Å². The number of ether oxygens (including phenoxy) is 2. The number of aromatic amines is 1. The molecule has 0 saturated heterocycles. The normalized spacial score (nSPS) is 12.0. The van der Waals surface area contributed by atoms with Crippen molar-refractivity contribution in [1.82, 2.24) is 15.3 Å². The van der Waals surface area contributed by atoms with E-state index in [-0.39, 0.29) is 23.9 Å². The van der Waals surface area contributed by atoms with E-state index in [1.165, 1.54) is 18.4 Å². The second-order valence-corrected chi connectivity index (χ2v) is 7.60. The quantitative estimate of drug-likeness (QED) is 0.574. The fourth-order valence-electron chi connectivity index (χ4n) is 2.68. The maximum Gasteiger partial charge on any atom is 0.329 e. The SMILES string of the molecule is COc1ccc(C(=O)N[C@@H](C(=O)OCc2nc3ccsc3c(=O)[nH]2)C(C)C)cc1. The largest absolute Gasteiger partial charge is 0.497 e. The molecule has 0 bridgehead atoms. The lowest BCUT2D eigenvalue weighted by molar-refractivity contribution is -0.148. The highest BCUT2D eigenvalue weighted by molar-refractivity contribution is 7.17. The molecule has 8 nitrogen and oxygen atoms in total. The van der Waals surface area contributed by atoms with E-state index in [0.29, 0.717) is 21.5 Å². The summed E-state index contributed by atoms with van der Waals surface area (Å²) in [5.41, 5.74) is 0.681. The fraction of sp³-hybridized carbons (Fsp3) is 0.300. The van der Waals surface area contributed by atoms with Crippen molar-refractivity contribution in [3.63, 3.8) is 0 Å². The summed E-state index contributed by atoms with van der Waals surface area (Å²) in [5.74, 6) is -0.316. The number of hydrogen-bond acceptors (Lipinski definition) is 7. The number of nitrogens with zero attached hydrogens (tertiary/aromatic N) is 1. The Balaban J connectivity index is 1.66. The van der Waals surface area contributed by atoms with Gasteiger partial charge in [0.25, 0.3) is 11.5 Å². The lowest BCUT2D eigenvalue weighted by Gasteiger charge is -2.20.